The highest BCUT2D eigenvalue weighted by Crippen LogP contribution is 1.97. The van der Waals surface area contributed by atoms with Crippen LogP contribution in [0.5, 0.6) is 0 Å². The van der Waals surface area contributed by atoms with Crippen LogP contribution in [0.2, 0.25) is 0 Å². The molecule has 7 heteroatoms. The summed E-state index contributed by atoms with van der Waals surface area (Å²) >= 11 is 0. The molecule has 0 spiro atoms. The summed E-state index contributed by atoms with van der Waals surface area (Å²) in [5.74, 6) is -0.426. The topological polar surface area (TPSA) is 87.3 Å². The van der Waals surface area contributed by atoms with Crippen LogP contribution in [0.4, 0.5) is 0 Å². The second-order valence-corrected chi connectivity index (χ2v) is 3.65. The van der Waals surface area contributed by atoms with E-state index < -0.39 is 0 Å². The number of carbonyl (C=O) groups is 2. The van der Waals surface area contributed by atoms with Gasteiger partial charge >= 0.3 is 0 Å². The zero-order valence-electron chi connectivity index (χ0n) is 9.31. The Kier molecular flexibility index (Phi) is 3.71. The number of nitrogens with one attached hydrogen (secondary N) is 2. The molecule has 2 amide bonds. The Bertz CT molecular complexity index is 384. The molecule has 2 N–H and O–H groups in total. The van der Waals surface area contributed by atoms with Crippen molar-refractivity contribution >= 4 is 11.8 Å². The van der Waals surface area contributed by atoms with Gasteiger partial charge in [-0.3, -0.25) is 14.7 Å². The molecule has 7 nitrogen and oxygen atoms in total. The van der Waals surface area contributed by atoms with Crippen LogP contribution in [0.15, 0.2) is 12.3 Å². The van der Waals surface area contributed by atoms with Gasteiger partial charge in [0.1, 0.15) is 5.69 Å². The number of rotatable bonds is 3. The number of aromatic amines is 1. The molecule has 1 aromatic rings. The van der Waals surface area contributed by atoms with Gasteiger partial charge in [-0.1, -0.05) is 0 Å². The maximum atomic E-state index is 11.7. The number of nitrogens with zero attached hydrogens (tertiary/aromatic N) is 2. The quantitative estimate of drug-likeness (QED) is 0.707. The van der Waals surface area contributed by atoms with Crippen molar-refractivity contribution in [1.29, 1.82) is 0 Å². The number of morpholine rings is 1. The lowest BCUT2D eigenvalue weighted by Gasteiger charge is -2.26. The first kappa shape index (κ1) is 11.6. The third-order valence-electron chi connectivity index (χ3n) is 2.51. The first-order valence-corrected chi connectivity index (χ1v) is 5.40. The van der Waals surface area contributed by atoms with Crippen molar-refractivity contribution < 1.29 is 14.3 Å². The summed E-state index contributed by atoms with van der Waals surface area (Å²) < 4.78 is 5.14. The van der Waals surface area contributed by atoms with Crippen molar-refractivity contribution in [3.05, 3.63) is 18.0 Å². The highest BCUT2D eigenvalue weighted by Gasteiger charge is 2.17. The fourth-order valence-electron chi connectivity index (χ4n) is 1.56. The zero-order valence-corrected chi connectivity index (χ0v) is 9.31. The summed E-state index contributed by atoms with van der Waals surface area (Å²) in [6, 6.07) is 1.55. The molecule has 17 heavy (non-hydrogen) atoms. The minimum atomic E-state index is -0.330. The number of ether oxygens (including phenoxy) is 1. The van der Waals surface area contributed by atoms with Gasteiger partial charge in [0.2, 0.25) is 5.91 Å². The fourth-order valence-corrected chi connectivity index (χ4v) is 1.56. The Morgan fingerprint density at radius 2 is 2.24 bits per heavy atom. The summed E-state index contributed by atoms with van der Waals surface area (Å²) in [5, 5.41) is 8.74. The van der Waals surface area contributed by atoms with Crippen LogP contribution in [-0.4, -0.2) is 59.8 Å². The molecule has 1 aliphatic rings. The average molecular weight is 238 g/mol. The van der Waals surface area contributed by atoms with E-state index in [0.29, 0.717) is 32.0 Å². The van der Waals surface area contributed by atoms with Gasteiger partial charge in [-0.15, -0.1) is 0 Å². The first-order valence-electron chi connectivity index (χ1n) is 5.40. The molecule has 1 aliphatic heterocycles. The predicted molar refractivity (Wildman–Crippen MR) is 58.3 cm³/mol. The molecule has 1 aromatic heterocycles. The van der Waals surface area contributed by atoms with E-state index in [1.165, 1.54) is 6.20 Å². The maximum absolute atomic E-state index is 11.7. The molecule has 0 aromatic carbocycles. The Hall–Kier alpha value is -1.89. The SMILES string of the molecule is O=C(NCC(=O)N1CCOCC1)c1ccn[nH]1. The molecular weight excluding hydrogens is 224 g/mol. The summed E-state index contributed by atoms with van der Waals surface area (Å²) in [6.07, 6.45) is 1.48. The molecule has 0 saturated carbocycles. The minimum Gasteiger partial charge on any atom is -0.378 e. The van der Waals surface area contributed by atoms with Gasteiger partial charge in [-0.05, 0) is 6.07 Å². The smallest absolute Gasteiger partial charge is 0.269 e. The van der Waals surface area contributed by atoms with Gasteiger partial charge in [-0.2, -0.15) is 5.10 Å². The normalized spacial score (nSPS) is 15.6. The lowest BCUT2D eigenvalue weighted by atomic mass is 10.3. The van der Waals surface area contributed by atoms with Crippen molar-refractivity contribution in [1.82, 2.24) is 20.4 Å². The average Bonchev–Trinajstić information content (AvgIpc) is 2.90. The van der Waals surface area contributed by atoms with Gasteiger partial charge < -0.3 is 15.0 Å². The number of hydrogen-bond donors (Lipinski definition) is 2. The molecule has 0 atom stereocenters. The van der Waals surface area contributed by atoms with Crippen molar-refractivity contribution in [2.24, 2.45) is 0 Å². The summed E-state index contributed by atoms with van der Waals surface area (Å²) in [4.78, 5) is 24.9. The molecule has 1 saturated heterocycles. The van der Waals surface area contributed by atoms with E-state index in [1.54, 1.807) is 11.0 Å². The van der Waals surface area contributed by atoms with Crippen LogP contribution < -0.4 is 5.32 Å². The Morgan fingerprint density at radius 1 is 1.47 bits per heavy atom. The van der Waals surface area contributed by atoms with Crippen LogP contribution in [0.1, 0.15) is 10.5 Å². The second-order valence-electron chi connectivity index (χ2n) is 3.65. The van der Waals surface area contributed by atoms with Gasteiger partial charge in [-0.25, -0.2) is 0 Å². The van der Waals surface area contributed by atoms with Gasteiger partial charge in [0, 0.05) is 19.3 Å². The minimum absolute atomic E-state index is 0.00213. The van der Waals surface area contributed by atoms with Crippen molar-refractivity contribution in [3.63, 3.8) is 0 Å². The monoisotopic (exact) mass is 238 g/mol. The number of aromatic nitrogens is 2. The second kappa shape index (κ2) is 5.44. The van der Waals surface area contributed by atoms with Crippen LogP contribution in [0.25, 0.3) is 0 Å². The van der Waals surface area contributed by atoms with Gasteiger partial charge in [0.05, 0.1) is 19.8 Å². The predicted octanol–water partition coefficient (Wildman–Crippen LogP) is -1.00. The van der Waals surface area contributed by atoms with E-state index >= 15 is 0 Å². The summed E-state index contributed by atoms with van der Waals surface area (Å²) in [5.41, 5.74) is 0.347. The van der Waals surface area contributed by atoms with E-state index in [0.717, 1.165) is 0 Å². The van der Waals surface area contributed by atoms with E-state index in [2.05, 4.69) is 15.5 Å². The highest BCUT2D eigenvalue weighted by atomic mass is 16.5. The molecule has 92 valence electrons. The number of carbonyl (C=O) groups excluding carboxylic acids is 2. The van der Waals surface area contributed by atoms with Gasteiger partial charge in [0.25, 0.3) is 5.91 Å². The van der Waals surface area contributed by atoms with Crippen LogP contribution in [-0.2, 0) is 9.53 Å². The standard InChI is InChI=1S/C10H14N4O3/c15-9(14-3-5-17-6-4-14)7-11-10(16)8-1-2-12-13-8/h1-2H,3-7H2,(H,11,16)(H,12,13). The molecule has 2 rings (SSSR count). The van der Waals surface area contributed by atoms with E-state index in [1.807, 2.05) is 0 Å². The van der Waals surface area contributed by atoms with E-state index in [4.69, 9.17) is 4.74 Å². The Balaban J connectivity index is 1.77. The molecular formula is C10H14N4O3. The Morgan fingerprint density at radius 3 is 2.88 bits per heavy atom. The lowest BCUT2D eigenvalue weighted by Crippen LogP contribution is -2.45. The molecule has 0 aliphatic carbocycles. The summed E-state index contributed by atoms with van der Waals surface area (Å²) in [6.45, 7) is 2.27. The highest BCUT2D eigenvalue weighted by molar-refractivity contribution is 5.94. The van der Waals surface area contributed by atoms with Crippen LogP contribution >= 0.6 is 0 Å². The van der Waals surface area contributed by atoms with Crippen LogP contribution in [0, 0.1) is 0 Å². The largest absolute Gasteiger partial charge is 0.378 e. The summed E-state index contributed by atoms with van der Waals surface area (Å²) in [7, 11) is 0. The Labute approximate surface area is 98.1 Å². The fraction of sp³-hybridized carbons (Fsp3) is 0.500. The van der Waals surface area contributed by atoms with Crippen LogP contribution in [0.3, 0.4) is 0 Å². The first-order chi connectivity index (χ1) is 8.27. The number of H-pyrrole nitrogens is 1. The van der Waals surface area contributed by atoms with Gasteiger partial charge in [0.15, 0.2) is 0 Å². The molecule has 2 heterocycles. The van der Waals surface area contributed by atoms with Crippen molar-refractivity contribution in [2.45, 2.75) is 0 Å². The number of hydrogen-bond acceptors (Lipinski definition) is 4. The lowest BCUT2D eigenvalue weighted by molar-refractivity contribution is -0.134. The third-order valence-corrected chi connectivity index (χ3v) is 2.51. The number of amides is 2. The zero-order chi connectivity index (χ0) is 12.1. The van der Waals surface area contributed by atoms with Crippen molar-refractivity contribution in [3.8, 4) is 0 Å². The molecule has 0 radical (unpaired) electrons. The van der Waals surface area contributed by atoms with E-state index in [-0.39, 0.29) is 18.4 Å². The molecule has 0 bridgehead atoms. The van der Waals surface area contributed by atoms with Crippen molar-refractivity contribution in [2.75, 3.05) is 32.8 Å². The maximum Gasteiger partial charge on any atom is 0.269 e. The van der Waals surface area contributed by atoms with E-state index in [9.17, 15) is 9.59 Å². The molecule has 0 unspecified atom stereocenters. The molecule has 1 fully saturated rings. The third kappa shape index (κ3) is 3.04.